The molecular weight excluding hydrogens is 302 g/mol. The molecule has 1 amide bonds. The molecule has 2 rings (SSSR count). The number of ether oxygens (including phenoxy) is 1. The molecule has 0 saturated heterocycles. The molecule has 0 aromatic heterocycles. The van der Waals surface area contributed by atoms with E-state index in [0.29, 0.717) is 12.2 Å². The number of carboxylic acids is 1. The summed E-state index contributed by atoms with van der Waals surface area (Å²) in [7, 11) is 1.62. The van der Waals surface area contributed by atoms with E-state index in [-0.39, 0.29) is 11.9 Å². The number of aliphatic carboxylic acids is 1. The Hall–Kier alpha value is -1.69. The van der Waals surface area contributed by atoms with Gasteiger partial charge in [0, 0.05) is 23.1 Å². The molecule has 0 bridgehead atoms. The Balaban J connectivity index is 1.84. The molecule has 1 aliphatic carbocycles. The molecule has 1 aromatic carbocycles. The molecule has 0 spiro atoms. The quantitative estimate of drug-likeness (QED) is 0.745. The number of hydrogen-bond acceptors (Lipinski definition) is 4. The summed E-state index contributed by atoms with van der Waals surface area (Å²) in [5, 5.41) is 9.12. The van der Waals surface area contributed by atoms with Crippen LogP contribution in [0.15, 0.2) is 29.2 Å². The topological polar surface area (TPSA) is 66.8 Å². The third-order valence-electron chi connectivity index (χ3n) is 3.65. The zero-order chi connectivity index (χ0) is 16.1. The molecule has 0 aliphatic heterocycles. The Morgan fingerprint density at radius 2 is 2.00 bits per heavy atom. The first kappa shape index (κ1) is 16.7. The van der Waals surface area contributed by atoms with Gasteiger partial charge >= 0.3 is 5.97 Å². The van der Waals surface area contributed by atoms with Crippen LogP contribution in [-0.2, 0) is 9.59 Å². The van der Waals surface area contributed by atoms with E-state index in [4.69, 9.17) is 9.84 Å². The van der Waals surface area contributed by atoms with Crippen molar-refractivity contribution in [2.75, 3.05) is 12.9 Å². The average Bonchev–Trinajstić information content (AvgIpc) is 3.32. The maximum Gasteiger partial charge on any atom is 0.326 e. The van der Waals surface area contributed by atoms with E-state index in [1.165, 1.54) is 4.90 Å². The van der Waals surface area contributed by atoms with E-state index >= 15 is 0 Å². The molecule has 1 saturated carbocycles. The molecule has 1 atom stereocenters. The van der Waals surface area contributed by atoms with Gasteiger partial charge < -0.3 is 14.7 Å². The highest BCUT2D eigenvalue weighted by Crippen LogP contribution is 2.30. The van der Waals surface area contributed by atoms with Gasteiger partial charge in [0.2, 0.25) is 5.91 Å². The SMILES string of the molecule is COc1ccc(SCCC(=O)N(C2CC2)C(C)C(=O)O)cc1. The Bertz CT molecular complexity index is 527. The van der Waals surface area contributed by atoms with Crippen molar-refractivity contribution in [3.8, 4) is 5.75 Å². The van der Waals surface area contributed by atoms with Crippen molar-refractivity contribution in [2.45, 2.75) is 43.2 Å². The van der Waals surface area contributed by atoms with Crippen LogP contribution in [0, 0.1) is 0 Å². The molecule has 5 nitrogen and oxygen atoms in total. The number of carbonyl (C=O) groups excluding carboxylic acids is 1. The lowest BCUT2D eigenvalue weighted by Gasteiger charge is -2.26. The van der Waals surface area contributed by atoms with Crippen LogP contribution in [0.1, 0.15) is 26.2 Å². The van der Waals surface area contributed by atoms with Crippen LogP contribution in [0.4, 0.5) is 0 Å². The van der Waals surface area contributed by atoms with Gasteiger partial charge in [-0.2, -0.15) is 0 Å². The molecule has 1 N–H and O–H groups in total. The highest BCUT2D eigenvalue weighted by atomic mass is 32.2. The Kier molecular flexibility index (Phi) is 5.71. The lowest BCUT2D eigenvalue weighted by molar-refractivity contribution is -0.149. The molecule has 0 heterocycles. The highest BCUT2D eigenvalue weighted by Gasteiger charge is 2.37. The first-order chi connectivity index (χ1) is 10.5. The number of benzene rings is 1. The van der Waals surface area contributed by atoms with E-state index in [0.717, 1.165) is 23.5 Å². The number of amides is 1. The predicted octanol–water partition coefficient (Wildman–Crippen LogP) is 2.64. The zero-order valence-electron chi connectivity index (χ0n) is 12.8. The predicted molar refractivity (Wildman–Crippen MR) is 85.3 cm³/mol. The van der Waals surface area contributed by atoms with Crippen molar-refractivity contribution in [1.29, 1.82) is 0 Å². The summed E-state index contributed by atoms with van der Waals surface area (Å²) in [5.41, 5.74) is 0. The fourth-order valence-corrected chi connectivity index (χ4v) is 3.11. The fourth-order valence-electron chi connectivity index (χ4n) is 2.26. The monoisotopic (exact) mass is 323 g/mol. The summed E-state index contributed by atoms with van der Waals surface area (Å²) in [5.74, 6) is 0.429. The number of methoxy groups -OCH3 is 1. The lowest BCUT2D eigenvalue weighted by Crippen LogP contribution is -2.44. The number of carboxylic acid groups (broad SMARTS) is 1. The third-order valence-corrected chi connectivity index (χ3v) is 4.66. The van der Waals surface area contributed by atoms with Crippen LogP contribution in [-0.4, -0.2) is 46.8 Å². The molecule has 0 radical (unpaired) electrons. The van der Waals surface area contributed by atoms with Crippen LogP contribution >= 0.6 is 11.8 Å². The zero-order valence-corrected chi connectivity index (χ0v) is 13.6. The van der Waals surface area contributed by atoms with E-state index < -0.39 is 12.0 Å². The summed E-state index contributed by atoms with van der Waals surface area (Å²) in [6.45, 7) is 1.58. The minimum atomic E-state index is -0.942. The maximum atomic E-state index is 12.3. The average molecular weight is 323 g/mol. The summed E-state index contributed by atoms with van der Waals surface area (Å²) in [4.78, 5) is 26.0. The number of nitrogens with zero attached hydrogens (tertiary/aromatic N) is 1. The largest absolute Gasteiger partial charge is 0.497 e. The standard InChI is InChI=1S/C16H21NO4S/c1-11(16(19)20)17(12-3-4-12)15(18)9-10-22-14-7-5-13(21-2)6-8-14/h5-8,11-12H,3-4,9-10H2,1-2H3,(H,19,20). The number of hydrogen-bond donors (Lipinski definition) is 1. The van der Waals surface area contributed by atoms with Gasteiger partial charge in [-0.1, -0.05) is 0 Å². The molecule has 1 aliphatic rings. The molecule has 6 heteroatoms. The van der Waals surface area contributed by atoms with E-state index in [1.807, 2.05) is 24.3 Å². The van der Waals surface area contributed by atoms with Crippen molar-refractivity contribution >= 4 is 23.6 Å². The number of rotatable bonds is 8. The minimum Gasteiger partial charge on any atom is -0.497 e. The van der Waals surface area contributed by atoms with Crippen molar-refractivity contribution in [2.24, 2.45) is 0 Å². The first-order valence-corrected chi connectivity index (χ1v) is 8.32. The second-order valence-electron chi connectivity index (χ2n) is 5.32. The van der Waals surface area contributed by atoms with E-state index in [1.54, 1.807) is 25.8 Å². The summed E-state index contributed by atoms with van der Waals surface area (Å²) in [6, 6.07) is 7.04. The fraction of sp³-hybridized carbons (Fsp3) is 0.500. The van der Waals surface area contributed by atoms with Crippen molar-refractivity contribution in [3.63, 3.8) is 0 Å². The third kappa shape index (κ3) is 4.40. The van der Waals surface area contributed by atoms with Gasteiger partial charge in [0.15, 0.2) is 0 Å². The molecule has 120 valence electrons. The first-order valence-electron chi connectivity index (χ1n) is 7.33. The summed E-state index contributed by atoms with van der Waals surface area (Å²) >= 11 is 1.59. The van der Waals surface area contributed by atoms with E-state index in [9.17, 15) is 9.59 Å². The summed E-state index contributed by atoms with van der Waals surface area (Å²) in [6.07, 6.45) is 2.18. The second kappa shape index (κ2) is 7.54. The van der Waals surface area contributed by atoms with Crippen molar-refractivity contribution in [1.82, 2.24) is 4.90 Å². The van der Waals surface area contributed by atoms with Crippen LogP contribution < -0.4 is 4.74 Å². The Morgan fingerprint density at radius 3 is 2.50 bits per heavy atom. The molecule has 1 aromatic rings. The molecule has 22 heavy (non-hydrogen) atoms. The number of thioether (sulfide) groups is 1. The lowest BCUT2D eigenvalue weighted by atomic mass is 10.2. The van der Waals surface area contributed by atoms with Crippen LogP contribution in [0.3, 0.4) is 0 Å². The van der Waals surface area contributed by atoms with Gasteiger partial charge in [0.05, 0.1) is 7.11 Å². The Labute approximate surface area is 134 Å². The smallest absolute Gasteiger partial charge is 0.326 e. The van der Waals surface area contributed by atoms with Gasteiger partial charge in [-0.05, 0) is 44.0 Å². The van der Waals surface area contributed by atoms with Crippen LogP contribution in [0.25, 0.3) is 0 Å². The molecule has 1 unspecified atom stereocenters. The Morgan fingerprint density at radius 1 is 1.36 bits per heavy atom. The molecule has 1 fully saturated rings. The van der Waals surface area contributed by atoms with Gasteiger partial charge in [-0.15, -0.1) is 11.8 Å². The minimum absolute atomic E-state index is 0.0709. The second-order valence-corrected chi connectivity index (χ2v) is 6.49. The summed E-state index contributed by atoms with van der Waals surface area (Å²) < 4.78 is 5.10. The van der Waals surface area contributed by atoms with Crippen LogP contribution in [0.2, 0.25) is 0 Å². The van der Waals surface area contributed by atoms with Crippen LogP contribution in [0.5, 0.6) is 5.75 Å². The number of carbonyl (C=O) groups is 2. The van der Waals surface area contributed by atoms with Crippen molar-refractivity contribution < 1.29 is 19.4 Å². The highest BCUT2D eigenvalue weighted by molar-refractivity contribution is 7.99. The molecular formula is C16H21NO4S. The van der Waals surface area contributed by atoms with Gasteiger partial charge in [0.1, 0.15) is 11.8 Å². The van der Waals surface area contributed by atoms with Gasteiger partial charge in [-0.25, -0.2) is 4.79 Å². The van der Waals surface area contributed by atoms with Gasteiger partial charge in [-0.3, -0.25) is 4.79 Å². The maximum absolute atomic E-state index is 12.3. The normalized spacial score (nSPS) is 15.2. The van der Waals surface area contributed by atoms with Crippen molar-refractivity contribution in [3.05, 3.63) is 24.3 Å². The van der Waals surface area contributed by atoms with E-state index in [2.05, 4.69) is 0 Å². The van der Waals surface area contributed by atoms with Gasteiger partial charge in [0.25, 0.3) is 0 Å².